The molecule has 120 valence electrons. The van der Waals surface area contributed by atoms with Gasteiger partial charge in [-0.25, -0.2) is 12.4 Å². The van der Waals surface area contributed by atoms with E-state index in [4.69, 9.17) is 4.74 Å². The predicted octanol–water partition coefficient (Wildman–Crippen LogP) is 3.97. The molecule has 23 heavy (non-hydrogen) atoms. The first-order valence-electron chi connectivity index (χ1n) is 7.48. The van der Waals surface area contributed by atoms with Gasteiger partial charge in [-0.05, 0) is 45.0 Å². The van der Waals surface area contributed by atoms with E-state index in [1.165, 1.54) is 3.97 Å². The Morgan fingerprint density at radius 2 is 1.65 bits per heavy atom. The van der Waals surface area contributed by atoms with Crippen molar-refractivity contribution in [2.45, 2.75) is 31.8 Å². The van der Waals surface area contributed by atoms with Crippen molar-refractivity contribution in [1.29, 1.82) is 0 Å². The molecule has 0 unspecified atom stereocenters. The number of rotatable bonds is 4. The molecule has 0 atom stereocenters. The van der Waals surface area contributed by atoms with E-state index in [0.29, 0.717) is 11.3 Å². The van der Waals surface area contributed by atoms with E-state index >= 15 is 0 Å². The molecular formula is C18H19NO3S. The SMILES string of the molecule is Cc1ccc(S(=O)(=O)n2cc(OC(C)C)c3ccccc32)cc1. The fourth-order valence-corrected chi connectivity index (χ4v) is 3.85. The van der Waals surface area contributed by atoms with Crippen LogP contribution in [0.4, 0.5) is 0 Å². The monoisotopic (exact) mass is 329 g/mol. The highest BCUT2D eigenvalue weighted by molar-refractivity contribution is 7.90. The lowest BCUT2D eigenvalue weighted by molar-refractivity contribution is 0.245. The number of hydrogen-bond acceptors (Lipinski definition) is 3. The van der Waals surface area contributed by atoms with E-state index in [9.17, 15) is 8.42 Å². The Bertz CT molecular complexity index is 938. The van der Waals surface area contributed by atoms with Gasteiger partial charge in [-0.3, -0.25) is 0 Å². The highest BCUT2D eigenvalue weighted by atomic mass is 32.2. The largest absolute Gasteiger partial charge is 0.489 e. The summed E-state index contributed by atoms with van der Waals surface area (Å²) in [7, 11) is -3.66. The first-order valence-corrected chi connectivity index (χ1v) is 8.92. The van der Waals surface area contributed by atoms with Crippen LogP contribution in [0.15, 0.2) is 59.6 Å². The predicted molar refractivity (Wildman–Crippen MR) is 91.5 cm³/mol. The molecule has 0 amide bonds. The van der Waals surface area contributed by atoms with Crippen molar-refractivity contribution in [1.82, 2.24) is 3.97 Å². The molecule has 1 heterocycles. The van der Waals surface area contributed by atoms with Crippen molar-refractivity contribution in [3.8, 4) is 5.75 Å². The molecule has 1 aromatic heterocycles. The summed E-state index contributed by atoms with van der Waals surface area (Å²) in [6, 6.07) is 14.2. The zero-order valence-electron chi connectivity index (χ0n) is 13.4. The number of nitrogens with zero attached hydrogens (tertiary/aromatic N) is 1. The van der Waals surface area contributed by atoms with Gasteiger partial charge in [-0.15, -0.1) is 0 Å². The van der Waals surface area contributed by atoms with Crippen LogP contribution in [0.25, 0.3) is 10.9 Å². The summed E-state index contributed by atoms with van der Waals surface area (Å²) in [5.41, 5.74) is 1.63. The van der Waals surface area contributed by atoms with Gasteiger partial charge in [0.05, 0.1) is 22.7 Å². The summed E-state index contributed by atoms with van der Waals surface area (Å²) < 4.78 is 33.0. The topological polar surface area (TPSA) is 48.3 Å². The molecular weight excluding hydrogens is 310 g/mol. The van der Waals surface area contributed by atoms with Gasteiger partial charge in [0.15, 0.2) is 0 Å². The molecule has 0 spiro atoms. The van der Waals surface area contributed by atoms with Crippen LogP contribution in [0.1, 0.15) is 19.4 Å². The second-order valence-corrected chi connectivity index (χ2v) is 7.61. The average Bonchev–Trinajstić information content (AvgIpc) is 2.87. The molecule has 0 saturated heterocycles. The Labute approximate surface area is 136 Å². The zero-order valence-corrected chi connectivity index (χ0v) is 14.2. The van der Waals surface area contributed by atoms with Crippen LogP contribution in [-0.2, 0) is 10.0 Å². The van der Waals surface area contributed by atoms with Crippen LogP contribution in [0.2, 0.25) is 0 Å². The van der Waals surface area contributed by atoms with E-state index < -0.39 is 10.0 Å². The van der Waals surface area contributed by atoms with Crippen LogP contribution < -0.4 is 4.74 Å². The fourth-order valence-electron chi connectivity index (χ4n) is 2.49. The van der Waals surface area contributed by atoms with Crippen molar-refractivity contribution in [3.63, 3.8) is 0 Å². The Morgan fingerprint density at radius 1 is 1.00 bits per heavy atom. The Balaban J connectivity index is 2.21. The maximum absolute atomic E-state index is 13.0. The van der Waals surface area contributed by atoms with Crippen LogP contribution in [0.5, 0.6) is 5.75 Å². The maximum atomic E-state index is 13.0. The quantitative estimate of drug-likeness (QED) is 0.727. The minimum atomic E-state index is -3.66. The molecule has 0 fully saturated rings. The number of aryl methyl sites for hydroxylation is 1. The maximum Gasteiger partial charge on any atom is 0.268 e. The fraction of sp³-hybridized carbons (Fsp3) is 0.222. The Kier molecular flexibility index (Phi) is 3.90. The standard InChI is InChI=1S/C18H19NO3S/c1-13(2)22-18-12-19(17-7-5-4-6-16(17)18)23(20,21)15-10-8-14(3)9-11-15/h4-13H,1-3H3. The third kappa shape index (κ3) is 2.84. The lowest BCUT2D eigenvalue weighted by atomic mass is 10.2. The number of hydrogen-bond donors (Lipinski definition) is 0. The zero-order chi connectivity index (χ0) is 16.6. The molecule has 2 aromatic carbocycles. The smallest absolute Gasteiger partial charge is 0.268 e. The molecule has 3 rings (SSSR count). The van der Waals surface area contributed by atoms with Gasteiger partial charge in [0, 0.05) is 5.39 Å². The summed E-state index contributed by atoms with van der Waals surface area (Å²) in [5, 5.41) is 0.789. The third-order valence-corrected chi connectivity index (χ3v) is 5.27. The van der Waals surface area contributed by atoms with Gasteiger partial charge < -0.3 is 4.74 Å². The van der Waals surface area contributed by atoms with Crippen LogP contribution >= 0.6 is 0 Å². The highest BCUT2D eigenvalue weighted by Gasteiger charge is 2.21. The second-order valence-electron chi connectivity index (χ2n) is 5.79. The summed E-state index contributed by atoms with van der Waals surface area (Å²) in [5.74, 6) is 0.575. The minimum Gasteiger partial charge on any atom is -0.489 e. The minimum absolute atomic E-state index is 0.0312. The van der Waals surface area contributed by atoms with Crippen LogP contribution in [0, 0.1) is 6.92 Å². The van der Waals surface area contributed by atoms with Gasteiger partial charge in [0.25, 0.3) is 10.0 Å². The molecule has 3 aromatic rings. The first-order chi connectivity index (χ1) is 10.9. The lowest BCUT2D eigenvalue weighted by Crippen LogP contribution is -2.12. The van der Waals surface area contributed by atoms with E-state index in [2.05, 4.69) is 0 Å². The number of aromatic nitrogens is 1. The number of ether oxygens (including phenoxy) is 1. The molecule has 5 heteroatoms. The van der Waals surface area contributed by atoms with Crippen molar-refractivity contribution >= 4 is 20.9 Å². The Morgan fingerprint density at radius 3 is 2.30 bits per heavy atom. The van der Waals surface area contributed by atoms with Crippen molar-refractivity contribution in [3.05, 3.63) is 60.3 Å². The van der Waals surface area contributed by atoms with E-state index in [1.54, 1.807) is 36.5 Å². The molecule has 0 aliphatic carbocycles. The first kappa shape index (κ1) is 15.6. The van der Waals surface area contributed by atoms with Gasteiger partial charge in [0.1, 0.15) is 5.75 Å². The summed E-state index contributed by atoms with van der Waals surface area (Å²) >= 11 is 0. The summed E-state index contributed by atoms with van der Waals surface area (Å²) in [6.45, 7) is 5.76. The molecule has 0 saturated carbocycles. The molecule has 0 aliphatic rings. The second kappa shape index (κ2) is 5.74. The van der Waals surface area contributed by atoms with E-state index in [-0.39, 0.29) is 11.0 Å². The molecule has 0 N–H and O–H groups in total. The lowest BCUT2D eigenvalue weighted by Gasteiger charge is -2.08. The molecule has 0 bridgehead atoms. The number of fused-ring (bicyclic) bond motifs is 1. The Hall–Kier alpha value is -2.27. The molecule has 0 radical (unpaired) electrons. The summed E-state index contributed by atoms with van der Waals surface area (Å²) in [6.07, 6.45) is 1.52. The highest BCUT2D eigenvalue weighted by Crippen LogP contribution is 2.31. The number of benzene rings is 2. The third-order valence-electron chi connectivity index (χ3n) is 3.58. The van der Waals surface area contributed by atoms with Crippen LogP contribution in [-0.4, -0.2) is 18.5 Å². The van der Waals surface area contributed by atoms with Gasteiger partial charge in [-0.2, -0.15) is 0 Å². The number of para-hydroxylation sites is 1. The van der Waals surface area contributed by atoms with Gasteiger partial charge >= 0.3 is 0 Å². The average molecular weight is 329 g/mol. The van der Waals surface area contributed by atoms with Crippen LogP contribution in [0.3, 0.4) is 0 Å². The van der Waals surface area contributed by atoms with Gasteiger partial charge in [0.2, 0.25) is 0 Å². The van der Waals surface area contributed by atoms with Crippen molar-refractivity contribution < 1.29 is 13.2 Å². The van der Waals surface area contributed by atoms with Crippen molar-refractivity contribution in [2.24, 2.45) is 0 Å². The molecule has 4 nitrogen and oxygen atoms in total. The van der Waals surface area contributed by atoms with Gasteiger partial charge in [-0.1, -0.05) is 29.8 Å². The van der Waals surface area contributed by atoms with E-state index in [1.807, 2.05) is 39.0 Å². The summed E-state index contributed by atoms with van der Waals surface area (Å²) in [4.78, 5) is 0.264. The van der Waals surface area contributed by atoms with Crippen molar-refractivity contribution in [2.75, 3.05) is 0 Å². The van der Waals surface area contributed by atoms with E-state index in [0.717, 1.165) is 10.9 Å². The normalized spacial score (nSPS) is 12.0. The molecule has 0 aliphatic heterocycles.